The number of sulfonamides is 1. The maximum atomic E-state index is 12.2. The van der Waals surface area contributed by atoms with Crippen molar-refractivity contribution in [2.24, 2.45) is 5.14 Å². The van der Waals surface area contributed by atoms with Gasteiger partial charge in [0.25, 0.3) is 5.91 Å². The number of carbonyl (C=O) groups is 1. The zero-order chi connectivity index (χ0) is 16.3. The summed E-state index contributed by atoms with van der Waals surface area (Å²) in [5.74, 6) is 0.0282. The molecule has 0 radical (unpaired) electrons. The number of nitrogens with two attached hydrogens (primary N) is 1. The van der Waals surface area contributed by atoms with Crippen molar-refractivity contribution in [2.45, 2.75) is 4.90 Å². The summed E-state index contributed by atoms with van der Waals surface area (Å²) >= 11 is 5.89. The van der Waals surface area contributed by atoms with Gasteiger partial charge in [0.2, 0.25) is 10.0 Å². The van der Waals surface area contributed by atoms with E-state index >= 15 is 0 Å². The van der Waals surface area contributed by atoms with Crippen LogP contribution in [0.3, 0.4) is 0 Å². The number of ether oxygens (including phenoxy) is 1. The van der Waals surface area contributed by atoms with E-state index in [0.29, 0.717) is 16.5 Å². The lowest BCUT2D eigenvalue weighted by molar-refractivity contribution is 0.102. The van der Waals surface area contributed by atoms with Crippen LogP contribution in [-0.2, 0) is 10.0 Å². The Labute approximate surface area is 132 Å². The van der Waals surface area contributed by atoms with Gasteiger partial charge in [0, 0.05) is 10.6 Å². The Balaban J connectivity index is 2.24. The van der Waals surface area contributed by atoms with Gasteiger partial charge in [-0.15, -0.1) is 0 Å². The molecule has 0 saturated carbocycles. The van der Waals surface area contributed by atoms with Crippen molar-refractivity contribution in [3.63, 3.8) is 0 Å². The highest BCUT2D eigenvalue weighted by Gasteiger charge is 2.12. The van der Waals surface area contributed by atoms with Crippen LogP contribution in [0.15, 0.2) is 47.4 Å². The van der Waals surface area contributed by atoms with Crippen molar-refractivity contribution in [3.8, 4) is 5.75 Å². The van der Waals surface area contributed by atoms with Crippen LogP contribution in [0.2, 0.25) is 5.02 Å². The van der Waals surface area contributed by atoms with Gasteiger partial charge in [0.15, 0.2) is 0 Å². The lowest BCUT2D eigenvalue weighted by atomic mass is 10.2. The maximum absolute atomic E-state index is 12.2. The highest BCUT2D eigenvalue weighted by Crippen LogP contribution is 2.28. The quantitative estimate of drug-likeness (QED) is 0.891. The molecule has 0 aliphatic rings. The van der Waals surface area contributed by atoms with Crippen LogP contribution in [0.4, 0.5) is 5.69 Å². The van der Waals surface area contributed by atoms with Gasteiger partial charge in [-0.3, -0.25) is 4.79 Å². The van der Waals surface area contributed by atoms with Crippen molar-refractivity contribution in [1.82, 2.24) is 0 Å². The Kier molecular flexibility index (Phi) is 4.70. The molecule has 0 aliphatic carbocycles. The SMILES string of the molecule is COc1ccc(Cl)cc1NC(=O)c1ccc(S(N)(=O)=O)cc1. The zero-order valence-electron chi connectivity index (χ0n) is 11.5. The summed E-state index contributed by atoms with van der Waals surface area (Å²) in [5, 5.41) is 8.09. The summed E-state index contributed by atoms with van der Waals surface area (Å²) in [6, 6.07) is 10.1. The van der Waals surface area contributed by atoms with Crippen molar-refractivity contribution < 1.29 is 17.9 Å². The van der Waals surface area contributed by atoms with E-state index < -0.39 is 15.9 Å². The van der Waals surface area contributed by atoms with Crippen LogP contribution >= 0.6 is 11.6 Å². The first-order valence-electron chi connectivity index (χ1n) is 6.09. The van der Waals surface area contributed by atoms with E-state index in [1.165, 1.54) is 31.4 Å². The molecule has 116 valence electrons. The second-order valence-corrected chi connectivity index (χ2v) is 6.37. The van der Waals surface area contributed by atoms with Gasteiger partial charge >= 0.3 is 0 Å². The molecular weight excluding hydrogens is 328 g/mol. The lowest BCUT2D eigenvalue weighted by Gasteiger charge is -2.10. The number of nitrogens with one attached hydrogen (secondary N) is 1. The van der Waals surface area contributed by atoms with Crippen LogP contribution in [0, 0.1) is 0 Å². The van der Waals surface area contributed by atoms with Gasteiger partial charge in [-0.2, -0.15) is 0 Å². The maximum Gasteiger partial charge on any atom is 0.255 e. The lowest BCUT2D eigenvalue weighted by Crippen LogP contribution is -2.14. The molecule has 0 aromatic heterocycles. The van der Waals surface area contributed by atoms with E-state index in [-0.39, 0.29) is 10.5 Å². The molecule has 0 bridgehead atoms. The fraction of sp³-hybridized carbons (Fsp3) is 0.0714. The average Bonchev–Trinajstić information content (AvgIpc) is 2.46. The number of primary sulfonamides is 1. The molecular formula is C14H13ClN2O4S. The van der Waals surface area contributed by atoms with Crippen molar-refractivity contribution in [2.75, 3.05) is 12.4 Å². The molecule has 2 aromatic rings. The standard InChI is InChI=1S/C14H13ClN2O4S/c1-21-13-7-4-10(15)8-12(13)17-14(18)9-2-5-11(6-3-9)22(16,19)20/h2-8H,1H3,(H,17,18)(H2,16,19,20). The number of hydrogen-bond acceptors (Lipinski definition) is 4. The van der Waals surface area contributed by atoms with Gasteiger partial charge in [0.1, 0.15) is 5.75 Å². The molecule has 0 spiro atoms. The molecule has 8 heteroatoms. The number of carbonyl (C=O) groups excluding carboxylic acids is 1. The van der Waals surface area contributed by atoms with Crippen LogP contribution < -0.4 is 15.2 Å². The third-order valence-corrected chi connectivity index (χ3v) is 4.02. The van der Waals surface area contributed by atoms with E-state index in [1.54, 1.807) is 18.2 Å². The monoisotopic (exact) mass is 340 g/mol. The molecule has 0 atom stereocenters. The normalized spacial score (nSPS) is 11.0. The van der Waals surface area contributed by atoms with Crippen LogP contribution in [0.5, 0.6) is 5.75 Å². The highest BCUT2D eigenvalue weighted by molar-refractivity contribution is 7.89. The van der Waals surface area contributed by atoms with Crippen molar-refractivity contribution in [3.05, 3.63) is 53.1 Å². The summed E-state index contributed by atoms with van der Waals surface area (Å²) in [5.41, 5.74) is 0.685. The smallest absolute Gasteiger partial charge is 0.255 e. The summed E-state index contributed by atoms with van der Waals surface area (Å²) < 4.78 is 27.5. The molecule has 0 aliphatic heterocycles. The summed E-state index contributed by atoms with van der Waals surface area (Å²) in [7, 11) is -2.32. The number of anilines is 1. The second-order valence-electron chi connectivity index (χ2n) is 4.37. The molecule has 3 N–H and O–H groups in total. The third-order valence-electron chi connectivity index (χ3n) is 2.85. The fourth-order valence-corrected chi connectivity index (χ4v) is 2.46. The Bertz CT molecular complexity index is 804. The molecule has 6 nitrogen and oxygen atoms in total. The molecule has 2 aromatic carbocycles. The van der Waals surface area contributed by atoms with E-state index in [9.17, 15) is 13.2 Å². The number of rotatable bonds is 4. The van der Waals surface area contributed by atoms with Gasteiger partial charge in [0.05, 0.1) is 17.7 Å². The Hall–Kier alpha value is -2.09. The third kappa shape index (κ3) is 3.76. The predicted octanol–water partition coefficient (Wildman–Crippen LogP) is 2.25. The molecule has 0 fully saturated rings. The summed E-state index contributed by atoms with van der Waals surface area (Å²) in [4.78, 5) is 12.1. The Morgan fingerprint density at radius 3 is 2.36 bits per heavy atom. The number of halogens is 1. The van der Waals surface area contributed by atoms with E-state index in [2.05, 4.69) is 5.32 Å². The summed E-state index contributed by atoms with van der Waals surface area (Å²) in [6.07, 6.45) is 0. The minimum Gasteiger partial charge on any atom is -0.495 e. The zero-order valence-corrected chi connectivity index (χ0v) is 13.1. The van der Waals surface area contributed by atoms with E-state index in [1.807, 2.05) is 0 Å². The van der Waals surface area contributed by atoms with Gasteiger partial charge in [-0.05, 0) is 42.5 Å². The largest absolute Gasteiger partial charge is 0.495 e. The molecule has 0 heterocycles. The first kappa shape index (κ1) is 16.3. The fourth-order valence-electron chi connectivity index (χ4n) is 1.77. The van der Waals surface area contributed by atoms with E-state index in [0.717, 1.165) is 0 Å². The molecule has 0 unspecified atom stereocenters. The average molecular weight is 341 g/mol. The minimum absolute atomic E-state index is 0.0654. The Morgan fingerprint density at radius 2 is 1.82 bits per heavy atom. The molecule has 2 rings (SSSR count). The first-order valence-corrected chi connectivity index (χ1v) is 8.01. The molecule has 1 amide bonds. The van der Waals surface area contributed by atoms with E-state index in [4.69, 9.17) is 21.5 Å². The summed E-state index contributed by atoms with van der Waals surface area (Å²) in [6.45, 7) is 0. The van der Waals surface area contributed by atoms with Crippen molar-refractivity contribution in [1.29, 1.82) is 0 Å². The topological polar surface area (TPSA) is 98.5 Å². The highest BCUT2D eigenvalue weighted by atomic mass is 35.5. The number of methoxy groups -OCH3 is 1. The minimum atomic E-state index is -3.79. The van der Waals surface area contributed by atoms with Crippen molar-refractivity contribution >= 4 is 33.2 Å². The molecule has 22 heavy (non-hydrogen) atoms. The van der Waals surface area contributed by atoms with Gasteiger partial charge in [-0.25, -0.2) is 13.6 Å². The number of hydrogen-bond donors (Lipinski definition) is 2. The van der Waals surface area contributed by atoms with Crippen LogP contribution in [-0.4, -0.2) is 21.4 Å². The van der Waals surface area contributed by atoms with Crippen LogP contribution in [0.25, 0.3) is 0 Å². The Morgan fingerprint density at radius 1 is 1.18 bits per heavy atom. The number of amides is 1. The second kappa shape index (κ2) is 6.35. The first-order chi connectivity index (χ1) is 10.3. The van der Waals surface area contributed by atoms with Gasteiger partial charge in [-0.1, -0.05) is 11.6 Å². The molecule has 0 saturated heterocycles. The van der Waals surface area contributed by atoms with Gasteiger partial charge < -0.3 is 10.1 Å². The predicted molar refractivity (Wildman–Crippen MR) is 83.8 cm³/mol. The number of benzene rings is 2. The van der Waals surface area contributed by atoms with Crippen LogP contribution in [0.1, 0.15) is 10.4 Å².